The Morgan fingerprint density at radius 3 is 2.70 bits per heavy atom. The number of aromatic nitrogens is 8. The Bertz CT molecular complexity index is 893. The first kappa shape index (κ1) is 17.4. The lowest BCUT2D eigenvalue weighted by atomic mass is 9.96. The molecule has 3 aromatic heterocycles. The van der Waals surface area contributed by atoms with Crippen LogP contribution in [-0.4, -0.2) is 59.6 Å². The van der Waals surface area contributed by atoms with Crippen LogP contribution in [0.1, 0.15) is 36.1 Å². The fourth-order valence-corrected chi connectivity index (χ4v) is 3.49. The SMILES string of the molecule is CNc1cc(C)nc(N2CCC(c3nnc(Cn4cncn4)n3C)CC2)n1. The predicted octanol–water partition coefficient (Wildman–Crippen LogP) is 0.979. The standard InChI is InChI=1S/C17H24N10/c1-12-8-14(18-2)22-17(21-12)26-6-4-13(5-7-26)16-24-23-15(25(16)3)9-27-11-19-10-20-27/h8,10-11,13H,4-7,9H2,1-3H3,(H,18,21,22). The van der Waals surface area contributed by atoms with Crippen LogP contribution >= 0.6 is 0 Å². The van der Waals surface area contributed by atoms with Crippen molar-refractivity contribution in [1.29, 1.82) is 0 Å². The van der Waals surface area contributed by atoms with Crippen LogP contribution < -0.4 is 10.2 Å². The Kier molecular flexibility index (Phi) is 4.69. The smallest absolute Gasteiger partial charge is 0.227 e. The third-order valence-electron chi connectivity index (χ3n) is 5.01. The minimum absolute atomic E-state index is 0.386. The van der Waals surface area contributed by atoms with Gasteiger partial charge in [-0.3, -0.25) is 0 Å². The molecule has 3 aromatic rings. The van der Waals surface area contributed by atoms with E-state index < -0.39 is 0 Å². The number of hydrogen-bond donors (Lipinski definition) is 1. The average Bonchev–Trinajstić information content (AvgIpc) is 3.32. The van der Waals surface area contributed by atoms with E-state index in [-0.39, 0.29) is 0 Å². The molecule has 0 aromatic carbocycles. The molecule has 1 aliphatic heterocycles. The predicted molar refractivity (Wildman–Crippen MR) is 101 cm³/mol. The summed E-state index contributed by atoms with van der Waals surface area (Å²) >= 11 is 0. The molecular formula is C17H24N10. The molecule has 0 radical (unpaired) electrons. The molecule has 4 rings (SSSR count). The van der Waals surface area contributed by atoms with E-state index >= 15 is 0 Å². The van der Waals surface area contributed by atoms with Gasteiger partial charge in [0.05, 0.1) is 0 Å². The molecule has 142 valence electrons. The second-order valence-electron chi connectivity index (χ2n) is 6.83. The van der Waals surface area contributed by atoms with Crippen molar-refractivity contribution in [3.8, 4) is 0 Å². The minimum Gasteiger partial charge on any atom is -0.373 e. The van der Waals surface area contributed by atoms with Gasteiger partial charge in [0.1, 0.15) is 30.8 Å². The van der Waals surface area contributed by atoms with Gasteiger partial charge in [-0.05, 0) is 19.8 Å². The van der Waals surface area contributed by atoms with Crippen LogP contribution in [0, 0.1) is 6.92 Å². The summed E-state index contributed by atoms with van der Waals surface area (Å²) in [4.78, 5) is 15.4. The maximum Gasteiger partial charge on any atom is 0.227 e. The number of nitrogens with zero attached hydrogens (tertiary/aromatic N) is 9. The van der Waals surface area contributed by atoms with E-state index in [0.717, 1.165) is 55.0 Å². The highest BCUT2D eigenvalue weighted by molar-refractivity contribution is 5.43. The fourth-order valence-electron chi connectivity index (χ4n) is 3.49. The van der Waals surface area contributed by atoms with Gasteiger partial charge < -0.3 is 14.8 Å². The summed E-state index contributed by atoms with van der Waals surface area (Å²) in [7, 11) is 3.90. The molecule has 1 saturated heterocycles. The Hall–Kier alpha value is -3.04. The lowest BCUT2D eigenvalue weighted by Crippen LogP contribution is -2.35. The van der Waals surface area contributed by atoms with Crippen molar-refractivity contribution < 1.29 is 0 Å². The molecule has 1 aliphatic rings. The van der Waals surface area contributed by atoms with E-state index in [0.29, 0.717) is 12.5 Å². The third kappa shape index (κ3) is 3.60. The first-order valence-corrected chi connectivity index (χ1v) is 9.13. The Morgan fingerprint density at radius 1 is 1.19 bits per heavy atom. The van der Waals surface area contributed by atoms with Crippen LogP contribution in [0.15, 0.2) is 18.7 Å². The molecule has 4 heterocycles. The topological polar surface area (TPSA) is 102 Å². The second-order valence-corrected chi connectivity index (χ2v) is 6.83. The highest BCUT2D eigenvalue weighted by atomic mass is 15.4. The van der Waals surface area contributed by atoms with Gasteiger partial charge in [0.2, 0.25) is 5.95 Å². The molecule has 0 unspecified atom stereocenters. The molecule has 0 saturated carbocycles. The summed E-state index contributed by atoms with van der Waals surface area (Å²) in [5.41, 5.74) is 0.970. The van der Waals surface area contributed by atoms with Gasteiger partial charge in [0.25, 0.3) is 0 Å². The van der Waals surface area contributed by atoms with E-state index in [1.807, 2.05) is 27.1 Å². The summed E-state index contributed by atoms with van der Waals surface area (Å²) in [6.07, 6.45) is 5.22. The molecule has 0 spiro atoms. The van der Waals surface area contributed by atoms with E-state index in [2.05, 4.69) is 45.0 Å². The first-order valence-electron chi connectivity index (χ1n) is 9.13. The van der Waals surface area contributed by atoms with Crippen molar-refractivity contribution >= 4 is 11.8 Å². The molecule has 1 fully saturated rings. The minimum atomic E-state index is 0.386. The van der Waals surface area contributed by atoms with Crippen LogP contribution in [0.5, 0.6) is 0 Å². The summed E-state index contributed by atoms with van der Waals surface area (Å²) in [5.74, 6) is 3.95. The van der Waals surface area contributed by atoms with Crippen molar-refractivity contribution in [3.05, 3.63) is 36.1 Å². The van der Waals surface area contributed by atoms with Gasteiger partial charge in [-0.25, -0.2) is 14.6 Å². The molecule has 10 nitrogen and oxygen atoms in total. The maximum absolute atomic E-state index is 4.59. The summed E-state index contributed by atoms with van der Waals surface area (Å²) in [5, 5.41) is 16.0. The van der Waals surface area contributed by atoms with Gasteiger partial charge in [0.15, 0.2) is 5.82 Å². The van der Waals surface area contributed by atoms with Crippen LogP contribution in [0.2, 0.25) is 0 Å². The highest BCUT2D eigenvalue weighted by Gasteiger charge is 2.26. The maximum atomic E-state index is 4.59. The van der Waals surface area contributed by atoms with Crippen molar-refractivity contribution in [1.82, 2.24) is 39.5 Å². The van der Waals surface area contributed by atoms with Gasteiger partial charge in [-0.1, -0.05) is 0 Å². The van der Waals surface area contributed by atoms with Gasteiger partial charge in [0, 0.05) is 44.9 Å². The molecular weight excluding hydrogens is 344 g/mol. The molecule has 0 bridgehead atoms. The number of hydrogen-bond acceptors (Lipinski definition) is 8. The number of rotatable bonds is 5. The molecule has 0 aliphatic carbocycles. The molecule has 0 amide bonds. The van der Waals surface area contributed by atoms with Crippen molar-refractivity contribution in [2.24, 2.45) is 7.05 Å². The van der Waals surface area contributed by atoms with E-state index in [1.54, 1.807) is 11.0 Å². The van der Waals surface area contributed by atoms with Crippen LogP contribution in [0.3, 0.4) is 0 Å². The van der Waals surface area contributed by atoms with Crippen LogP contribution in [0.4, 0.5) is 11.8 Å². The van der Waals surface area contributed by atoms with E-state index in [4.69, 9.17) is 0 Å². The normalized spacial score (nSPS) is 15.3. The molecule has 10 heteroatoms. The Morgan fingerprint density at radius 2 is 2.00 bits per heavy atom. The van der Waals surface area contributed by atoms with Crippen molar-refractivity contribution in [2.45, 2.75) is 32.2 Å². The fraction of sp³-hybridized carbons (Fsp3) is 0.529. The second kappa shape index (κ2) is 7.29. The number of piperidine rings is 1. The summed E-state index contributed by atoms with van der Waals surface area (Å²) < 4.78 is 3.84. The number of aryl methyl sites for hydroxylation is 1. The van der Waals surface area contributed by atoms with Crippen molar-refractivity contribution in [2.75, 3.05) is 30.4 Å². The largest absolute Gasteiger partial charge is 0.373 e. The molecule has 1 N–H and O–H groups in total. The average molecular weight is 368 g/mol. The Labute approximate surface area is 157 Å². The zero-order valence-electron chi connectivity index (χ0n) is 15.9. The van der Waals surface area contributed by atoms with E-state index in [9.17, 15) is 0 Å². The third-order valence-corrected chi connectivity index (χ3v) is 5.01. The van der Waals surface area contributed by atoms with Crippen molar-refractivity contribution in [3.63, 3.8) is 0 Å². The zero-order valence-corrected chi connectivity index (χ0v) is 15.9. The van der Waals surface area contributed by atoms with Gasteiger partial charge >= 0.3 is 0 Å². The lowest BCUT2D eigenvalue weighted by molar-refractivity contribution is 0.467. The van der Waals surface area contributed by atoms with Crippen LogP contribution in [-0.2, 0) is 13.6 Å². The van der Waals surface area contributed by atoms with E-state index in [1.165, 1.54) is 6.33 Å². The Balaban J connectivity index is 1.44. The van der Waals surface area contributed by atoms with Gasteiger partial charge in [-0.2, -0.15) is 10.1 Å². The first-order chi connectivity index (χ1) is 13.1. The monoisotopic (exact) mass is 368 g/mol. The quantitative estimate of drug-likeness (QED) is 0.711. The number of anilines is 2. The van der Waals surface area contributed by atoms with Crippen LogP contribution in [0.25, 0.3) is 0 Å². The molecule has 0 atom stereocenters. The lowest BCUT2D eigenvalue weighted by Gasteiger charge is -2.31. The summed E-state index contributed by atoms with van der Waals surface area (Å²) in [6, 6.07) is 1.95. The number of nitrogens with one attached hydrogen (secondary N) is 1. The zero-order chi connectivity index (χ0) is 18.8. The molecule has 27 heavy (non-hydrogen) atoms. The summed E-state index contributed by atoms with van der Waals surface area (Å²) in [6.45, 7) is 4.38. The highest BCUT2D eigenvalue weighted by Crippen LogP contribution is 2.29. The van der Waals surface area contributed by atoms with Gasteiger partial charge in [-0.15, -0.1) is 10.2 Å².